The SMILES string of the molecule is COCC(Br)CNC(=O)c1ncccc1Br. The molecule has 6 heteroatoms. The molecule has 1 atom stereocenters. The predicted molar refractivity (Wildman–Crippen MR) is 68.9 cm³/mol. The Hall–Kier alpha value is -0.460. The molecule has 1 amide bonds. The zero-order valence-electron chi connectivity index (χ0n) is 8.74. The number of alkyl halides is 1. The molecule has 0 saturated carbocycles. The van der Waals surface area contributed by atoms with Crippen molar-refractivity contribution in [1.29, 1.82) is 0 Å². The Bertz CT molecular complexity index is 360. The van der Waals surface area contributed by atoms with E-state index in [0.717, 1.165) is 0 Å². The number of amides is 1. The average molecular weight is 352 g/mol. The Morgan fingerprint density at radius 3 is 3.06 bits per heavy atom. The van der Waals surface area contributed by atoms with Gasteiger partial charge in [0.05, 0.1) is 11.4 Å². The van der Waals surface area contributed by atoms with Gasteiger partial charge in [-0.05, 0) is 28.1 Å². The molecule has 0 radical (unpaired) electrons. The van der Waals surface area contributed by atoms with E-state index in [1.807, 2.05) is 0 Å². The van der Waals surface area contributed by atoms with Crippen LogP contribution in [0.25, 0.3) is 0 Å². The summed E-state index contributed by atoms with van der Waals surface area (Å²) >= 11 is 6.66. The normalized spacial score (nSPS) is 12.2. The van der Waals surface area contributed by atoms with Gasteiger partial charge >= 0.3 is 0 Å². The van der Waals surface area contributed by atoms with E-state index in [1.54, 1.807) is 25.4 Å². The van der Waals surface area contributed by atoms with Crippen LogP contribution in [0.15, 0.2) is 22.8 Å². The maximum absolute atomic E-state index is 11.7. The number of aromatic nitrogens is 1. The first-order valence-electron chi connectivity index (χ1n) is 4.67. The molecule has 1 aromatic heterocycles. The van der Waals surface area contributed by atoms with Crippen LogP contribution in [-0.2, 0) is 4.74 Å². The summed E-state index contributed by atoms with van der Waals surface area (Å²) in [7, 11) is 1.62. The van der Waals surface area contributed by atoms with E-state index in [9.17, 15) is 4.79 Å². The van der Waals surface area contributed by atoms with Crippen molar-refractivity contribution in [3.8, 4) is 0 Å². The standard InChI is InChI=1S/C10H12Br2N2O2/c1-16-6-7(11)5-14-10(15)9-8(12)3-2-4-13-9/h2-4,7H,5-6H2,1H3,(H,14,15). The van der Waals surface area contributed by atoms with Crippen molar-refractivity contribution in [2.45, 2.75) is 4.83 Å². The fraction of sp³-hybridized carbons (Fsp3) is 0.400. The molecule has 0 fully saturated rings. The number of halogens is 2. The minimum absolute atomic E-state index is 0.101. The van der Waals surface area contributed by atoms with Crippen molar-refractivity contribution in [3.63, 3.8) is 0 Å². The molecule has 88 valence electrons. The fourth-order valence-electron chi connectivity index (χ4n) is 1.08. The molecule has 0 saturated heterocycles. The Kier molecular flexibility index (Phi) is 5.94. The van der Waals surface area contributed by atoms with Gasteiger partial charge in [0.15, 0.2) is 0 Å². The summed E-state index contributed by atoms with van der Waals surface area (Å²) in [4.78, 5) is 15.8. The highest BCUT2D eigenvalue weighted by Gasteiger charge is 2.12. The Morgan fingerprint density at radius 1 is 1.69 bits per heavy atom. The number of ether oxygens (including phenoxy) is 1. The van der Waals surface area contributed by atoms with E-state index in [4.69, 9.17) is 4.74 Å². The summed E-state index contributed by atoms with van der Waals surface area (Å²) in [6, 6.07) is 3.54. The Morgan fingerprint density at radius 2 is 2.44 bits per heavy atom. The van der Waals surface area contributed by atoms with Gasteiger partial charge in [0.1, 0.15) is 5.69 Å². The smallest absolute Gasteiger partial charge is 0.271 e. The van der Waals surface area contributed by atoms with E-state index in [2.05, 4.69) is 42.2 Å². The minimum atomic E-state index is -0.201. The summed E-state index contributed by atoms with van der Waals surface area (Å²) < 4.78 is 5.63. The number of hydrogen-bond acceptors (Lipinski definition) is 3. The number of nitrogens with one attached hydrogen (secondary N) is 1. The van der Waals surface area contributed by atoms with Crippen LogP contribution in [-0.4, -0.2) is 36.0 Å². The summed E-state index contributed by atoms with van der Waals surface area (Å²) in [6.07, 6.45) is 1.58. The lowest BCUT2D eigenvalue weighted by molar-refractivity contribution is 0.0944. The second-order valence-corrected chi connectivity index (χ2v) is 5.25. The molecule has 0 aliphatic carbocycles. The molecular formula is C10H12Br2N2O2. The fourth-order valence-corrected chi connectivity index (χ4v) is 1.94. The van der Waals surface area contributed by atoms with Gasteiger partial charge in [-0.25, -0.2) is 4.98 Å². The van der Waals surface area contributed by atoms with Crippen LogP contribution in [0.5, 0.6) is 0 Å². The van der Waals surface area contributed by atoms with Gasteiger partial charge in [-0.1, -0.05) is 15.9 Å². The van der Waals surface area contributed by atoms with Gasteiger partial charge in [-0.3, -0.25) is 4.79 Å². The molecule has 16 heavy (non-hydrogen) atoms. The van der Waals surface area contributed by atoms with E-state index < -0.39 is 0 Å². The number of methoxy groups -OCH3 is 1. The summed E-state index contributed by atoms with van der Waals surface area (Å²) in [5.41, 5.74) is 0.389. The second kappa shape index (κ2) is 6.98. The molecule has 1 N–H and O–H groups in total. The molecule has 0 aliphatic heterocycles. The van der Waals surface area contributed by atoms with Gasteiger partial charge in [-0.2, -0.15) is 0 Å². The zero-order chi connectivity index (χ0) is 12.0. The zero-order valence-corrected chi connectivity index (χ0v) is 11.9. The Labute approximate surface area is 111 Å². The first-order valence-corrected chi connectivity index (χ1v) is 6.37. The third-order valence-electron chi connectivity index (χ3n) is 1.81. The first kappa shape index (κ1) is 13.6. The number of nitrogens with zero attached hydrogens (tertiary/aromatic N) is 1. The van der Waals surface area contributed by atoms with Crippen molar-refractivity contribution in [2.24, 2.45) is 0 Å². The van der Waals surface area contributed by atoms with Crippen LogP contribution in [0.1, 0.15) is 10.5 Å². The van der Waals surface area contributed by atoms with Crippen LogP contribution in [0.2, 0.25) is 0 Å². The van der Waals surface area contributed by atoms with Crippen molar-refractivity contribution in [2.75, 3.05) is 20.3 Å². The largest absolute Gasteiger partial charge is 0.383 e. The number of carbonyl (C=O) groups is 1. The predicted octanol–water partition coefficient (Wildman–Crippen LogP) is 1.98. The van der Waals surface area contributed by atoms with Gasteiger partial charge < -0.3 is 10.1 Å². The van der Waals surface area contributed by atoms with Crippen LogP contribution in [0.3, 0.4) is 0 Å². The van der Waals surface area contributed by atoms with Crippen LogP contribution >= 0.6 is 31.9 Å². The highest BCUT2D eigenvalue weighted by molar-refractivity contribution is 9.10. The van der Waals surface area contributed by atoms with Crippen molar-refractivity contribution in [3.05, 3.63) is 28.5 Å². The van der Waals surface area contributed by atoms with Crippen LogP contribution in [0.4, 0.5) is 0 Å². The van der Waals surface area contributed by atoms with Gasteiger partial charge in [0, 0.05) is 24.3 Å². The highest BCUT2D eigenvalue weighted by Crippen LogP contribution is 2.12. The number of hydrogen-bond donors (Lipinski definition) is 1. The molecule has 0 spiro atoms. The molecule has 1 aromatic rings. The summed E-state index contributed by atoms with van der Waals surface area (Å²) in [5.74, 6) is -0.201. The van der Waals surface area contributed by atoms with Gasteiger partial charge in [0.2, 0.25) is 0 Å². The van der Waals surface area contributed by atoms with Gasteiger partial charge in [0.25, 0.3) is 5.91 Å². The molecule has 0 aromatic carbocycles. The first-order chi connectivity index (χ1) is 7.65. The molecule has 0 bridgehead atoms. The minimum Gasteiger partial charge on any atom is -0.383 e. The maximum Gasteiger partial charge on any atom is 0.271 e. The third-order valence-corrected chi connectivity index (χ3v) is 3.03. The number of rotatable bonds is 5. The van der Waals surface area contributed by atoms with E-state index >= 15 is 0 Å². The summed E-state index contributed by atoms with van der Waals surface area (Å²) in [6.45, 7) is 1.04. The van der Waals surface area contributed by atoms with E-state index in [-0.39, 0.29) is 10.7 Å². The molecule has 1 heterocycles. The highest BCUT2D eigenvalue weighted by atomic mass is 79.9. The monoisotopic (exact) mass is 350 g/mol. The van der Waals surface area contributed by atoms with Crippen LogP contribution in [0, 0.1) is 0 Å². The maximum atomic E-state index is 11.7. The van der Waals surface area contributed by atoms with E-state index in [0.29, 0.717) is 23.3 Å². The average Bonchev–Trinajstić information content (AvgIpc) is 2.27. The lowest BCUT2D eigenvalue weighted by Gasteiger charge is -2.10. The molecular weight excluding hydrogens is 340 g/mol. The molecule has 0 aliphatic rings. The molecule has 1 rings (SSSR count). The summed E-state index contributed by atoms with van der Waals surface area (Å²) in [5, 5.41) is 2.77. The molecule has 1 unspecified atom stereocenters. The second-order valence-electron chi connectivity index (χ2n) is 3.10. The van der Waals surface area contributed by atoms with Gasteiger partial charge in [-0.15, -0.1) is 0 Å². The van der Waals surface area contributed by atoms with Crippen LogP contribution < -0.4 is 5.32 Å². The quantitative estimate of drug-likeness (QED) is 0.825. The topological polar surface area (TPSA) is 51.2 Å². The van der Waals surface area contributed by atoms with Crippen molar-refractivity contribution in [1.82, 2.24) is 10.3 Å². The third kappa shape index (κ3) is 4.19. The molecule has 4 nitrogen and oxygen atoms in total. The van der Waals surface area contributed by atoms with Crippen molar-refractivity contribution < 1.29 is 9.53 Å². The van der Waals surface area contributed by atoms with Crippen molar-refractivity contribution >= 4 is 37.8 Å². The van der Waals surface area contributed by atoms with E-state index in [1.165, 1.54) is 0 Å². The lowest BCUT2D eigenvalue weighted by atomic mass is 10.3. The number of pyridine rings is 1. The Balaban J connectivity index is 2.50. The lowest BCUT2D eigenvalue weighted by Crippen LogP contribution is -2.32. The number of carbonyl (C=O) groups excluding carboxylic acids is 1.